The lowest BCUT2D eigenvalue weighted by atomic mass is 10.1. The van der Waals surface area contributed by atoms with Crippen LogP contribution in [0.3, 0.4) is 0 Å². The molecule has 0 bridgehead atoms. The molecule has 0 saturated carbocycles. The van der Waals surface area contributed by atoms with E-state index in [2.05, 4.69) is 4.72 Å². The number of hydrogen-bond donors (Lipinski definition) is 2. The number of carboxylic acid groups (broad SMARTS) is 1. The van der Waals surface area contributed by atoms with Crippen LogP contribution < -0.4 is 4.72 Å². The number of nitrogens with zero attached hydrogens (tertiary/aromatic N) is 2. The molecule has 11 nitrogen and oxygen atoms in total. The smallest absolute Gasteiger partial charge is 0.417 e. The Morgan fingerprint density at radius 1 is 0.818 bits per heavy atom. The van der Waals surface area contributed by atoms with Crippen molar-refractivity contribution in [2.24, 2.45) is 0 Å². The summed E-state index contributed by atoms with van der Waals surface area (Å²) < 4.78 is 126. The van der Waals surface area contributed by atoms with E-state index in [0.717, 1.165) is 22.5 Å². The molecule has 44 heavy (non-hydrogen) atoms. The SMILES string of the molecule is O=C(O)c1cccc(S(=O)(=O)N2CCC(NS(=O)(=O)c3cn(S(=O)(=O)c4ccccc4)c4cccc(C(F)(F)F)c34)CC2)c1. The monoisotopic (exact) mass is 671 g/mol. The molecule has 0 spiro atoms. The molecule has 2 heterocycles. The van der Waals surface area contributed by atoms with Gasteiger partial charge in [0.05, 0.1) is 26.4 Å². The second-order valence-electron chi connectivity index (χ2n) is 9.94. The molecule has 0 unspecified atom stereocenters. The number of piperidine rings is 1. The normalized spacial score (nSPS) is 15.9. The summed E-state index contributed by atoms with van der Waals surface area (Å²) in [4.78, 5) is 9.83. The second-order valence-corrected chi connectivity index (χ2v) is 15.4. The molecule has 1 aliphatic rings. The van der Waals surface area contributed by atoms with E-state index >= 15 is 0 Å². The number of aromatic carboxylic acids is 1. The highest BCUT2D eigenvalue weighted by molar-refractivity contribution is 7.91. The van der Waals surface area contributed by atoms with Gasteiger partial charge in [0.15, 0.2) is 0 Å². The Labute approximate surface area is 250 Å². The first-order valence-electron chi connectivity index (χ1n) is 12.9. The highest BCUT2D eigenvalue weighted by Crippen LogP contribution is 2.40. The van der Waals surface area contributed by atoms with Crippen LogP contribution >= 0.6 is 0 Å². The largest absolute Gasteiger partial charge is 0.478 e. The van der Waals surface area contributed by atoms with Crippen LogP contribution in [0.2, 0.25) is 0 Å². The molecule has 1 saturated heterocycles. The summed E-state index contributed by atoms with van der Waals surface area (Å²) in [6, 6.07) is 13.4. The predicted octanol–water partition coefficient (Wildman–Crippen LogP) is 3.73. The van der Waals surface area contributed by atoms with E-state index in [1.165, 1.54) is 48.5 Å². The molecule has 234 valence electrons. The van der Waals surface area contributed by atoms with Crippen molar-refractivity contribution in [3.8, 4) is 0 Å². The number of hydrogen-bond acceptors (Lipinski definition) is 7. The summed E-state index contributed by atoms with van der Waals surface area (Å²) in [5.74, 6) is -1.32. The maximum Gasteiger partial charge on any atom is 0.417 e. The highest BCUT2D eigenvalue weighted by atomic mass is 32.2. The van der Waals surface area contributed by atoms with E-state index in [1.807, 2.05) is 0 Å². The van der Waals surface area contributed by atoms with Crippen molar-refractivity contribution in [2.75, 3.05) is 13.1 Å². The van der Waals surface area contributed by atoms with Crippen molar-refractivity contribution in [3.63, 3.8) is 0 Å². The molecule has 0 atom stereocenters. The Balaban J connectivity index is 1.47. The van der Waals surface area contributed by atoms with Gasteiger partial charge in [-0.1, -0.05) is 30.3 Å². The predicted molar refractivity (Wildman–Crippen MR) is 151 cm³/mol. The Morgan fingerprint density at radius 2 is 1.43 bits per heavy atom. The van der Waals surface area contributed by atoms with Gasteiger partial charge in [-0.05, 0) is 55.3 Å². The van der Waals surface area contributed by atoms with Crippen LogP contribution in [0.15, 0.2) is 93.7 Å². The van der Waals surface area contributed by atoms with Crippen molar-refractivity contribution >= 4 is 46.9 Å². The minimum absolute atomic E-state index is 0.0653. The van der Waals surface area contributed by atoms with Gasteiger partial charge in [-0.2, -0.15) is 17.5 Å². The minimum Gasteiger partial charge on any atom is -0.478 e. The summed E-state index contributed by atoms with van der Waals surface area (Å²) in [5, 5.41) is 8.35. The van der Waals surface area contributed by atoms with Crippen molar-refractivity contribution in [1.29, 1.82) is 0 Å². The fraction of sp³-hybridized carbons (Fsp3) is 0.222. The Bertz CT molecular complexity index is 2070. The molecule has 2 N–H and O–H groups in total. The first kappa shape index (κ1) is 31.6. The second kappa shape index (κ2) is 11.3. The Morgan fingerprint density at radius 3 is 2.05 bits per heavy atom. The van der Waals surface area contributed by atoms with Crippen molar-refractivity contribution in [3.05, 3.63) is 90.1 Å². The lowest BCUT2D eigenvalue weighted by molar-refractivity contribution is -0.136. The van der Waals surface area contributed by atoms with Gasteiger partial charge in [0.2, 0.25) is 20.0 Å². The summed E-state index contributed by atoms with van der Waals surface area (Å²) in [6.07, 6.45) is -4.52. The van der Waals surface area contributed by atoms with Gasteiger partial charge in [0.1, 0.15) is 4.90 Å². The van der Waals surface area contributed by atoms with Crippen LogP contribution in [0.4, 0.5) is 13.2 Å². The molecule has 1 aromatic heterocycles. The molecule has 1 fully saturated rings. The molecule has 1 aliphatic heterocycles. The molecule has 0 radical (unpaired) electrons. The molecular formula is C27H24F3N3O8S3. The maximum absolute atomic E-state index is 14.1. The van der Waals surface area contributed by atoms with Gasteiger partial charge in [-0.25, -0.2) is 38.7 Å². The number of carbonyl (C=O) groups is 1. The zero-order chi connectivity index (χ0) is 32.1. The Kier molecular flexibility index (Phi) is 8.13. The van der Waals surface area contributed by atoms with E-state index in [9.17, 15) is 48.3 Å². The van der Waals surface area contributed by atoms with Gasteiger partial charge >= 0.3 is 12.1 Å². The average Bonchev–Trinajstić information content (AvgIpc) is 3.39. The quantitative estimate of drug-likeness (QED) is 0.287. The number of rotatable bonds is 8. The van der Waals surface area contributed by atoms with Crippen LogP contribution in [0.5, 0.6) is 0 Å². The summed E-state index contributed by atoms with van der Waals surface area (Å²) >= 11 is 0. The number of alkyl halides is 3. The molecular weight excluding hydrogens is 648 g/mol. The van der Waals surface area contributed by atoms with Gasteiger partial charge in [-0.15, -0.1) is 0 Å². The third-order valence-corrected chi connectivity index (χ3v) is 12.3. The summed E-state index contributed by atoms with van der Waals surface area (Å²) in [7, 11) is -13.4. The minimum atomic E-state index is -5.02. The lowest BCUT2D eigenvalue weighted by Gasteiger charge is -2.31. The standard InChI is InChI=1S/C27H24F3N3O8S3/c28-27(29,30)22-10-5-11-23-25(22)24(17-33(23)44(40,41)20-7-2-1-3-8-20)42(36,37)31-19-12-14-32(15-13-19)43(38,39)21-9-4-6-18(16-21)26(34)35/h1-11,16-17,19,31H,12-15H2,(H,34,35). The molecule has 17 heteroatoms. The third kappa shape index (κ3) is 5.84. The van der Waals surface area contributed by atoms with E-state index in [-0.39, 0.29) is 41.3 Å². The van der Waals surface area contributed by atoms with Crippen LogP contribution in [0.1, 0.15) is 28.8 Å². The zero-order valence-corrected chi connectivity index (χ0v) is 24.9. The first-order valence-corrected chi connectivity index (χ1v) is 17.3. The first-order chi connectivity index (χ1) is 20.5. The molecule has 0 aliphatic carbocycles. The fourth-order valence-corrected chi connectivity index (χ4v) is 9.50. The number of aromatic nitrogens is 1. The highest BCUT2D eigenvalue weighted by Gasteiger charge is 2.39. The lowest BCUT2D eigenvalue weighted by Crippen LogP contribution is -2.46. The van der Waals surface area contributed by atoms with E-state index in [1.54, 1.807) is 0 Å². The van der Waals surface area contributed by atoms with Gasteiger partial charge in [-0.3, -0.25) is 0 Å². The number of fused-ring (bicyclic) bond motifs is 1. The molecule has 0 amide bonds. The van der Waals surface area contributed by atoms with Gasteiger partial charge < -0.3 is 5.11 Å². The van der Waals surface area contributed by atoms with Crippen LogP contribution in [-0.4, -0.2) is 63.7 Å². The van der Waals surface area contributed by atoms with Gasteiger partial charge in [0, 0.05) is 30.7 Å². The fourth-order valence-electron chi connectivity index (χ4n) is 5.00. The number of sulfonamides is 2. The van der Waals surface area contributed by atoms with Gasteiger partial charge in [0.25, 0.3) is 10.0 Å². The topological polar surface area (TPSA) is 160 Å². The van der Waals surface area contributed by atoms with Crippen LogP contribution in [0.25, 0.3) is 10.9 Å². The van der Waals surface area contributed by atoms with E-state index in [4.69, 9.17) is 0 Å². The van der Waals surface area contributed by atoms with E-state index in [0.29, 0.717) is 16.2 Å². The zero-order valence-electron chi connectivity index (χ0n) is 22.5. The van der Waals surface area contributed by atoms with Crippen LogP contribution in [0, 0.1) is 0 Å². The number of halogens is 3. The molecule has 3 aromatic carbocycles. The molecule has 4 aromatic rings. The van der Waals surface area contributed by atoms with Crippen molar-refractivity contribution in [2.45, 2.75) is 39.7 Å². The number of benzene rings is 3. The van der Waals surface area contributed by atoms with Crippen LogP contribution in [-0.2, 0) is 36.2 Å². The third-order valence-electron chi connectivity index (χ3n) is 7.15. The average molecular weight is 672 g/mol. The maximum atomic E-state index is 14.1. The van der Waals surface area contributed by atoms with E-state index < -0.39 is 69.6 Å². The molecule has 5 rings (SSSR count). The van der Waals surface area contributed by atoms with Crippen molar-refractivity contribution < 1.29 is 48.3 Å². The summed E-state index contributed by atoms with van der Waals surface area (Å²) in [5.41, 5.74) is -2.07. The Hall–Kier alpha value is -3.77. The number of nitrogens with one attached hydrogen (secondary N) is 1. The number of carboxylic acids is 1. The van der Waals surface area contributed by atoms with Crippen molar-refractivity contribution in [1.82, 2.24) is 13.0 Å². The summed E-state index contributed by atoms with van der Waals surface area (Å²) in [6.45, 7) is -0.352.